The molecule has 0 heterocycles. The average molecular weight is 159 g/mol. The van der Waals surface area contributed by atoms with Crippen molar-refractivity contribution in [2.45, 2.75) is 0 Å². The van der Waals surface area contributed by atoms with E-state index in [2.05, 4.69) is 16.2 Å². The van der Waals surface area contributed by atoms with Crippen LogP contribution < -0.4 is 0 Å². The zero-order valence-corrected chi connectivity index (χ0v) is 5.99. The van der Waals surface area contributed by atoms with Gasteiger partial charge in [0.25, 0.3) is 0 Å². The van der Waals surface area contributed by atoms with Crippen molar-refractivity contribution in [1.29, 1.82) is 0 Å². The minimum Gasteiger partial charge on any atom is -0.350 e. The van der Waals surface area contributed by atoms with Crippen molar-refractivity contribution in [1.82, 2.24) is 0 Å². The van der Waals surface area contributed by atoms with Gasteiger partial charge < -0.3 is 4.29 Å². The summed E-state index contributed by atoms with van der Waals surface area (Å²) in [6.45, 7) is 0.140. The minimum atomic E-state index is 0.140. The van der Waals surface area contributed by atoms with E-state index in [1.807, 2.05) is 36.4 Å². The Morgan fingerprint density at radius 2 is 1.20 bits per heavy atom. The highest BCUT2D eigenvalue weighted by Gasteiger charge is 1.57. The first-order valence-corrected chi connectivity index (χ1v) is 2.93. The van der Waals surface area contributed by atoms with Gasteiger partial charge in [-0.2, -0.15) is 0 Å². The molecule has 0 atom stereocenters. The zero-order valence-electron chi connectivity index (χ0n) is 5.24. The summed E-state index contributed by atoms with van der Waals surface area (Å²) in [6, 6.07) is 12.0. The fourth-order valence-electron chi connectivity index (χ4n) is 0.385. The second-order valence-electron chi connectivity index (χ2n) is 1.34. The predicted molar refractivity (Wildman–Crippen MR) is 39.4 cm³/mol. The number of carbonyl (C=O) groups is 1. The number of hydrogen-bond donors (Lipinski definition) is 0. The average Bonchev–Trinajstić information content (AvgIpc) is 2.08. The van der Waals surface area contributed by atoms with Crippen LogP contribution in [0.15, 0.2) is 36.4 Å². The Kier molecular flexibility index (Phi) is 7.17. The monoisotopic (exact) mass is 158 g/mol. The summed E-state index contributed by atoms with van der Waals surface area (Å²) in [5, 5.41) is 0. The molecule has 1 aromatic carbocycles. The lowest BCUT2D eigenvalue weighted by Crippen LogP contribution is -1.57. The molecule has 2 nitrogen and oxygen atoms in total. The normalized spacial score (nSPS) is 6.90. The Morgan fingerprint density at radius 1 is 1.00 bits per heavy atom. The summed E-state index contributed by atoms with van der Waals surface area (Å²) in [5.41, 5.74) is 0. The van der Waals surface area contributed by atoms with Gasteiger partial charge in [0.05, 0.1) is 0 Å². The zero-order chi connectivity index (χ0) is 7.66. The second-order valence-corrected chi connectivity index (χ2v) is 1.52. The van der Waals surface area contributed by atoms with Crippen molar-refractivity contribution in [2.75, 3.05) is 0 Å². The third kappa shape index (κ3) is 6.98. The Hall–Kier alpha value is -1.02. The molecule has 1 rings (SSSR count). The summed E-state index contributed by atoms with van der Waals surface area (Å²) in [7, 11) is 0. The topological polar surface area (TPSA) is 26.3 Å². The molecular formula is C7H7ClO2. The maximum absolute atomic E-state index is 8.82. The summed E-state index contributed by atoms with van der Waals surface area (Å²) >= 11 is 4.32. The van der Waals surface area contributed by atoms with E-state index in [9.17, 15) is 0 Å². The molecular weight excluding hydrogens is 152 g/mol. The maximum Gasteiger partial charge on any atom is 0.312 e. The van der Waals surface area contributed by atoms with Gasteiger partial charge in [0, 0.05) is 0 Å². The molecule has 54 valence electrons. The van der Waals surface area contributed by atoms with Gasteiger partial charge in [-0.3, -0.25) is 4.79 Å². The van der Waals surface area contributed by atoms with Crippen molar-refractivity contribution in [2.24, 2.45) is 0 Å². The van der Waals surface area contributed by atoms with Crippen molar-refractivity contribution >= 4 is 18.3 Å². The Labute approximate surface area is 64.6 Å². The van der Waals surface area contributed by atoms with Crippen molar-refractivity contribution in [3.63, 3.8) is 0 Å². The third-order valence-corrected chi connectivity index (χ3v) is 0.776. The smallest absolute Gasteiger partial charge is 0.312 e. The molecule has 1 aromatic rings. The molecule has 0 aliphatic rings. The molecule has 0 fully saturated rings. The molecule has 0 saturated heterocycles. The molecule has 0 bridgehead atoms. The van der Waals surface area contributed by atoms with Crippen LogP contribution in [-0.2, 0) is 9.08 Å². The van der Waals surface area contributed by atoms with Crippen LogP contribution in [0.3, 0.4) is 0 Å². The predicted octanol–water partition coefficient (Wildman–Crippen LogP) is 2.00. The number of hydrogen-bond acceptors (Lipinski definition) is 2. The van der Waals surface area contributed by atoms with Crippen molar-refractivity contribution in [3.8, 4) is 0 Å². The van der Waals surface area contributed by atoms with E-state index in [1.165, 1.54) is 0 Å². The first-order valence-electron chi connectivity index (χ1n) is 2.63. The Morgan fingerprint density at radius 3 is 1.30 bits per heavy atom. The van der Waals surface area contributed by atoms with E-state index in [4.69, 9.17) is 4.79 Å². The first-order chi connectivity index (χ1) is 4.91. The maximum atomic E-state index is 8.82. The Bertz CT molecular complexity index is 126. The van der Waals surface area contributed by atoms with Gasteiger partial charge >= 0.3 is 6.47 Å². The van der Waals surface area contributed by atoms with Crippen LogP contribution in [0, 0.1) is 0 Å². The number of carbonyl (C=O) groups excluding carboxylic acids is 1. The van der Waals surface area contributed by atoms with E-state index in [1.54, 1.807) is 0 Å². The number of rotatable bonds is 1. The molecule has 0 spiro atoms. The lowest BCUT2D eigenvalue weighted by molar-refractivity contribution is -0.120. The molecule has 3 heteroatoms. The second kappa shape index (κ2) is 7.98. The fraction of sp³-hybridized carbons (Fsp3) is 0. The standard InChI is InChI=1S/C6H6.CHClO2/c1-2-4-6-5-3-1;2-4-1-3/h1-6H;1H. The highest BCUT2D eigenvalue weighted by atomic mass is 35.5. The summed E-state index contributed by atoms with van der Waals surface area (Å²) < 4.78 is 3.33. The molecule has 0 amide bonds. The van der Waals surface area contributed by atoms with E-state index in [-0.39, 0.29) is 6.47 Å². The number of halogens is 1. The molecule has 0 aliphatic carbocycles. The highest BCUT2D eigenvalue weighted by Crippen LogP contribution is 1.79. The molecule has 0 N–H and O–H groups in total. The molecule has 0 aliphatic heterocycles. The van der Waals surface area contributed by atoms with Crippen LogP contribution in [0.1, 0.15) is 0 Å². The third-order valence-electron chi connectivity index (χ3n) is 0.703. The molecule has 0 unspecified atom stereocenters. The summed E-state index contributed by atoms with van der Waals surface area (Å²) in [4.78, 5) is 8.82. The van der Waals surface area contributed by atoms with Gasteiger partial charge in [0.2, 0.25) is 0 Å². The van der Waals surface area contributed by atoms with Gasteiger partial charge in [-0.1, -0.05) is 36.4 Å². The SMILES string of the molecule is O=COCl.c1ccccc1. The molecule has 0 saturated carbocycles. The lowest BCUT2D eigenvalue weighted by Gasteiger charge is -1.69. The van der Waals surface area contributed by atoms with Gasteiger partial charge in [0.1, 0.15) is 11.9 Å². The van der Waals surface area contributed by atoms with Crippen molar-refractivity contribution in [3.05, 3.63) is 36.4 Å². The van der Waals surface area contributed by atoms with Crippen LogP contribution in [0.2, 0.25) is 0 Å². The van der Waals surface area contributed by atoms with Crippen LogP contribution in [-0.4, -0.2) is 6.47 Å². The van der Waals surface area contributed by atoms with Gasteiger partial charge in [-0.15, -0.1) is 0 Å². The first kappa shape index (κ1) is 8.98. The van der Waals surface area contributed by atoms with Crippen molar-refractivity contribution < 1.29 is 9.08 Å². The molecule has 0 radical (unpaired) electrons. The van der Waals surface area contributed by atoms with Gasteiger partial charge in [0.15, 0.2) is 0 Å². The van der Waals surface area contributed by atoms with Crippen LogP contribution in [0.5, 0.6) is 0 Å². The van der Waals surface area contributed by atoms with Gasteiger partial charge in [-0.25, -0.2) is 0 Å². The van der Waals surface area contributed by atoms with Crippen LogP contribution >= 0.6 is 11.9 Å². The van der Waals surface area contributed by atoms with E-state index >= 15 is 0 Å². The summed E-state index contributed by atoms with van der Waals surface area (Å²) in [5.74, 6) is 0. The summed E-state index contributed by atoms with van der Waals surface area (Å²) in [6.07, 6.45) is 0. The van der Waals surface area contributed by atoms with E-state index < -0.39 is 0 Å². The number of benzene rings is 1. The molecule has 10 heavy (non-hydrogen) atoms. The largest absolute Gasteiger partial charge is 0.350 e. The van der Waals surface area contributed by atoms with Crippen LogP contribution in [0.25, 0.3) is 0 Å². The quantitative estimate of drug-likeness (QED) is 0.585. The van der Waals surface area contributed by atoms with Crippen LogP contribution in [0.4, 0.5) is 0 Å². The van der Waals surface area contributed by atoms with E-state index in [0.717, 1.165) is 0 Å². The lowest BCUT2D eigenvalue weighted by atomic mass is 10.4. The van der Waals surface area contributed by atoms with E-state index in [0.29, 0.717) is 0 Å². The minimum absolute atomic E-state index is 0.140. The highest BCUT2D eigenvalue weighted by molar-refractivity contribution is 6.10. The Balaban J connectivity index is 0.000000180. The fourth-order valence-corrected chi connectivity index (χ4v) is 0.385. The molecule has 0 aromatic heterocycles. The van der Waals surface area contributed by atoms with Gasteiger partial charge in [-0.05, 0) is 0 Å².